The fourth-order valence-corrected chi connectivity index (χ4v) is 4.62. The van der Waals surface area contributed by atoms with E-state index in [9.17, 15) is 9.18 Å². The van der Waals surface area contributed by atoms with Crippen LogP contribution in [-0.4, -0.2) is 24.0 Å². The van der Waals surface area contributed by atoms with Crippen molar-refractivity contribution in [2.24, 2.45) is 5.92 Å². The van der Waals surface area contributed by atoms with Gasteiger partial charge in [-0.3, -0.25) is 9.78 Å². The average Bonchev–Trinajstić information content (AvgIpc) is 2.79. The van der Waals surface area contributed by atoms with Crippen LogP contribution in [0.5, 0.6) is 5.75 Å². The number of halogens is 1. The second-order valence-electron chi connectivity index (χ2n) is 8.14. The van der Waals surface area contributed by atoms with Crippen molar-refractivity contribution in [3.8, 4) is 5.75 Å². The number of carbonyl (C=O) groups is 1. The molecule has 0 unspecified atom stereocenters. The number of pyridine rings is 1. The van der Waals surface area contributed by atoms with Gasteiger partial charge in [-0.05, 0) is 80.3 Å². The molecule has 1 atom stereocenters. The number of rotatable bonds is 5. The Bertz CT molecular complexity index is 1040. The molecule has 4 nitrogen and oxygen atoms in total. The van der Waals surface area contributed by atoms with Crippen molar-refractivity contribution < 1.29 is 13.9 Å². The Morgan fingerprint density at radius 1 is 1.13 bits per heavy atom. The zero-order chi connectivity index (χ0) is 21.1. The molecule has 0 spiro atoms. The lowest BCUT2D eigenvalue weighted by Gasteiger charge is -2.33. The maximum atomic E-state index is 14.1. The van der Waals surface area contributed by atoms with Crippen LogP contribution >= 0.6 is 0 Å². The van der Waals surface area contributed by atoms with Gasteiger partial charge in [0.05, 0.1) is 7.11 Å². The second kappa shape index (κ2) is 8.82. The van der Waals surface area contributed by atoms with Crippen molar-refractivity contribution in [1.82, 2.24) is 10.3 Å². The van der Waals surface area contributed by atoms with E-state index in [-0.39, 0.29) is 17.8 Å². The Kier molecular flexibility index (Phi) is 5.98. The monoisotopic (exact) mass is 406 g/mol. The molecule has 0 aliphatic heterocycles. The first kappa shape index (κ1) is 20.3. The number of hydrogen-bond acceptors (Lipinski definition) is 3. The largest absolute Gasteiger partial charge is 0.497 e. The van der Waals surface area contributed by atoms with Gasteiger partial charge in [0, 0.05) is 23.2 Å². The maximum absolute atomic E-state index is 14.1. The average molecular weight is 407 g/mol. The second-order valence-corrected chi connectivity index (χ2v) is 8.14. The van der Waals surface area contributed by atoms with Crippen molar-refractivity contribution in [2.75, 3.05) is 7.11 Å². The highest BCUT2D eigenvalue weighted by Crippen LogP contribution is 2.39. The third-order valence-electron chi connectivity index (χ3n) is 6.36. The molecule has 0 saturated heterocycles. The molecular formula is C25H27FN2O2. The first-order chi connectivity index (χ1) is 14.6. The molecule has 1 amide bonds. The zero-order valence-electron chi connectivity index (χ0n) is 17.4. The smallest absolute Gasteiger partial charge is 0.251 e. The van der Waals surface area contributed by atoms with Crippen molar-refractivity contribution in [3.63, 3.8) is 0 Å². The summed E-state index contributed by atoms with van der Waals surface area (Å²) in [6.07, 6.45) is 5.83. The summed E-state index contributed by atoms with van der Waals surface area (Å²) in [5, 5.41) is 4.07. The molecule has 1 aliphatic carbocycles. The van der Waals surface area contributed by atoms with E-state index >= 15 is 0 Å². The zero-order valence-corrected chi connectivity index (χ0v) is 17.4. The van der Waals surface area contributed by atoms with E-state index in [1.807, 2.05) is 24.3 Å². The van der Waals surface area contributed by atoms with Gasteiger partial charge in [-0.15, -0.1) is 0 Å². The highest BCUT2D eigenvalue weighted by atomic mass is 19.1. The molecule has 1 fully saturated rings. The number of fused-ring (bicyclic) bond motifs is 1. The van der Waals surface area contributed by atoms with E-state index in [4.69, 9.17) is 4.74 Å². The minimum absolute atomic E-state index is 0.0703. The first-order valence-corrected chi connectivity index (χ1v) is 10.5. The molecule has 3 aromatic rings. The number of methoxy groups -OCH3 is 1. The lowest BCUT2D eigenvalue weighted by molar-refractivity contribution is 0.0917. The van der Waals surface area contributed by atoms with Crippen LogP contribution in [0.15, 0.2) is 54.7 Å². The quantitative estimate of drug-likeness (QED) is 0.611. The number of ether oxygens (including phenoxy) is 1. The van der Waals surface area contributed by atoms with Crippen molar-refractivity contribution in [1.29, 1.82) is 0 Å². The highest BCUT2D eigenvalue weighted by molar-refractivity contribution is 5.94. The molecule has 1 saturated carbocycles. The summed E-state index contributed by atoms with van der Waals surface area (Å²) in [5.74, 6) is 1.17. The third kappa shape index (κ3) is 4.16. The third-order valence-corrected chi connectivity index (χ3v) is 6.36. The maximum Gasteiger partial charge on any atom is 0.251 e. The van der Waals surface area contributed by atoms with Crippen LogP contribution in [-0.2, 0) is 0 Å². The summed E-state index contributed by atoms with van der Waals surface area (Å²) < 4.78 is 19.3. The van der Waals surface area contributed by atoms with Crippen LogP contribution in [0.1, 0.15) is 54.4 Å². The van der Waals surface area contributed by atoms with Gasteiger partial charge in [-0.2, -0.15) is 0 Å². The normalized spacial score (nSPS) is 20.0. The fraction of sp³-hybridized carbons (Fsp3) is 0.360. The topological polar surface area (TPSA) is 51.2 Å². The minimum Gasteiger partial charge on any atom is -0.497 e. The number of carbonyl (C=O) groups excluding carboxylic acids is 1. The molecular weight excluding hydrogens is 379 g/mol. The fourth-order valence-electron chi connectivity index (χ4n) is 4.62. The Hall–Kier alpha value is -2.95. The van der Waals surface area contributed by atoms with Crippen molar-refractivity contribution in [3.05, 3.63) is 71.7 Å². The molecule has 0 radical (unpaired) electrons. The van der Waals surface area contributed by atoms with Gasteiger partial charge in [-0.25, -0.2) is 4.39 Å². The van der Waals surface area contributed by atoms with Crippen LogP contribution in [0.4, 0.5) is 4.39 Å². The summed E-state index contributed by atoms with van der Waals surface area (Å²) in [7, 11) is 1.60. The van der Waals surface area contributed by atoms with E-state index in [2.05, 4.69) is 17.2 Å². The number of hydrogen-bond donors (Lipinski definition) is 1. The van der Waals surface area contributed by atoms with Crippen LogP contribution in [0.3, 0.4) is 0 Å². The molecule has 2 aromatic carbocycles. The van der Waals surface area contributed by atoms with Crippen LogP contribution in [0, 0.1) is 11.7 Å². The number of aromatic nitrogens is 1. The Labute approximate surface area is 176 Å². The Morgan fingerprint density at radius 2 is 1.90 bits per heavy atom. The summed E-state index contributed by atoms with van der Waals surface area (Å²) >= 11 is 0. The lowest BCUT2D eigenvalue weighted by Crippen LogP contribution is -2.39. The highest BCUT2D eigenvalue weighted by Gasteiger charge is 2.28. The number of nitrogens with one attached hydrogen (secondary N) is 1. The number of nitrogens with zero attached hydrogens (tertiary/aromatic N) is 1. The van der Waals surface area contributed by atoms with Gasteiger partial charge in [0.2, 0.25) is 0 Å². The summed E-state index contributed by atoms with van der Waals surface area (Å²) in [5.41, 5.74) is 2.25. The van der Waals surface area contributed by atoms with E-state index in [1.165, 1.54) is 11.6 Å². The lowest BCUT2D eigenvalue weighted by atomic mass is 9.75. The summed E-state index contributed by atoms with van der Waals surface area (Å²) in [4.78, 5) is 16.8. The van der Waals surface area contributed by atoms with Crippen molar-refractivity contribution in [2.45, 2.75) is 44.6 Å². The van der Waals surface area contributed by atoms with Crippen LogP contribution < -0.4 is 10.1 Å². The number of benzene rings is 2. The van der Waals surface area contributed by atoms with Gasteiger partial charge in [0.25, 0.3) is 5.91 Å². The van der Waals surface area contributed by atoms with E-state index in [0.717, 1.165) is 31.1 Å². The minimum atomic E-state index is -0.267. The Morgan fingerprint density at radius 3 is 2.67 bits per heavy atom. The molecule has 1 heterocycles. The molecule has 5 heteroatoms. The molecule has 156 valence electrons. The number of amides is 1. The van der Waals surface area contributed by atoms with E-state index < -0.39 is 0 Å². The van der Waals surface area contributed by atoms with Gasteiger partial charge in [0.1, 0.15) is 17.1 Å². The molecule has 0 bridgehead atoms. The van der Waals surface area contributed by atoms with E-state index in [1.54, 1.807) is 31.5 Å². The summed E-state index contributed by atoms with van der Waals surface area (Å²) in [6.45, 7) is 2.08. The van der Waals surface area contributed by atoms with Gasteiger partial charge in [-0.1, -0.05) is 18.2 Å². The van der Waals surface area contributed by atoms with Crippen LogP contribution in [0.2, 0.25) is 0 Å². The first-order valence-electron chi connectivity index (χ1n) is 10.5. The van der Waals surface area contributed by atoms with Gasteiger partial charge < -0.3 is 10.1 Å². The Balaban J connectivity index is 1.40. The number of para-hydroxylation sites is 1. The summed E-state index contributed by atoms with van der Waals surface area (Å²) in [6, 6.07) is 14.5. The van der Waals surface area contributed by atoms with E-state index in [0.29, 0.717) is 28.7 Å². The van der Waals surface area contributed by atoms with Gasteiger partial charge in [0.15, 0.2) is 0 Å². The molecule has 30 heavy (non-hydrogen) atoms. The predicted molar refractivity (Wildman–Crippen MR) is 116 cm³/mol. The molecule has 1 aliphatic rings. The van der Waals surface area contributed by atoms with Gasteiger partial charge >= 0.3 is 0 Å². The SMILES string of the molecule is COc1cccc(C(=O)N[C@H](C)C2CCC(c3ccnc4c(F)cccc34)CC2)c1. The predicted octanol–water partition coefficient (Wildman–Crippen LogP) is 5.47. The molecule has 4 rings (SSSR count). The molecule has 1 aromatic heterocycles. The molecule has 1 N–H and O–H groups in total. The van der Waals surface area contributed by atoms with Crippen LogP contribution in [0.25, 0.3) is 10.9 Å². The van der Waals surface area contributed by atoms with Crippen molar-refractivity contribution >= 4 is 16.8 Å². The standard InChI is InChI=1S/C25H27FN2O2/c1-16(28-25(29)19-5-3-6-20(15-19)30-2)17-9-11-18(12-10-17)21-13-14-27-24-22(21)7-4-8-23(24)26/h3-8,13-18H,9-12H2,1-2H3,(H,28,29)/t16-,17?,18?/m1/s1.